The van der Waals surface area contributed by atoms with E-state index >= 15 is 0 Å². The van der Waals surface area contributed by atoms with E-state index in [0.717, 1.165) is 18.5 Å². The van der Waals surface area contributed by atoms with Crippen molar-refractivity contribution < 1.29 is 4.79 Å². The number of nitrogens with zero attached hydrogens (tertiary/aromatic N) is 2. The van der Waals surface area contributed by atoms with Crippen molar-refractivity contribution in [3.8, 4) is 0 Å². The van der Waals surface area contributed by atoms with Crippen molar-refractivity contribution in [1.29, 1.82) is 0 Å². The summed E-state index contributed by atoms with van der Waals surface area (Å²) in [5.74, 6) is 0.444. The second kappa shape index (κ2) is 7.54. The van der Waals surface area contributed by atoms with Crippen LogP contribution in [0.3, 0.4) is 0 Å². The Morgan fingerprint density at radius 3 is 2.50 bits per heavy atom. The van der Waals surface area contributed by atoms with E-state index in [1.165, 1.54) is 17.5 Å². The molecule has 1 amide bonds. The van der Waals surface area contributed by atoms with Gasteiger partial charge in [0.2, 0.25) is 0 Å². The minimum atomic E-state index is -0.167. The molecular formula is C17H22N4O. The van der Waals surface area contributed by atoms with Crippen LogP contribution in [0, 0.1) is 13.8 Å². The molecule has 2 rings (SSSR count). The summed E-state index contributed by atoms with van der Waals surface area (Å²) in [5, 5.41) is 6.07. The molecule has 2 aromatic rings. The topological polar surface area (TPSA) is 66.9 Å². The molecule has 0 bridgehead atoms. The first-order chi connectivity index (χ1) is 10.6. The molecule has 0 fully saturated rings. The summed E-state index contributed by atoms with van der Waals surface area (Å²) in [5.41, 5.74) is 3.68. The van der Waals surface area contributed by atoms with E-state index < -0.39 is 0 Å². The van der Waals surface area contributed by atoms with Crippen molar-refractivity contribution >= 4 is 17.4 Å². The average molecular weight is 298 g/mol. The van der Waals surface area contributed by atoms with Gasteiger partial charge in [-0.25, -0.2) is 9.97 Å². The summed E-state index contributed by atoms with van der Waals surface area (Å²) in [4.78, 5) is 20.2. The Morgan fingerprint density at radius 2 is 1.82 bits per heavy atom. The van der Waals surface area contributed by atoms with Crippen molar-refractivity contribution in [2.75, 3.05) is 11.9 Å². The van der Waals surface area contributed by atoms with E-state index in [2.05, 4.69) is 33.6 Å². The Balaban J connectivity index is 2.09. The van der Waals surface area contributed by atoms with Crippen LogP contribution in [0.2, 0.25) is 0 Å². The highest BCUT2D eigenvalue weighted by Gasteiger charge is 2.08. The van der Waals surface area contributed by atoms with Crippen LogP contribution in [0.1, 0.15) is 41.4 Å². The molecule has 0 radical (unpaired) electrons. The van der Waals surface area contributed by atoms with Crippen molar-refractivity contribution in [3.63, 3.8) is 0 Å². The Hall–Kier alpha value is -2.43. The van der Waals surface area contributed by atoms with E-state index in [1.807, 2.05) is 26.0 Å². The quantitative estimate of drug-likeness (QED) is 0.802. The summed E-state index contributed by atoms with van der Waals surface area (Å²) >= 11 is 0. The van der Waals surface area contributed by atoms with Crippen molar-refractivity contribution in [2.24, 2.45) is 0 Å². The zero-order valence-corrected chi connectivity index (χ0v) is 13.3. The van der Waals surface area contributed by atoms with Crippen LogP contribution in [-0.2, 0) is 0 Å². The highest BCUT2D eigenvalue weighted by molar-refractivity contribution is 5.92. The van der Waals surface area contributed by atoms with E-state index in [9.17, 15) is 4.79 Å². The number of hydrogen-bond donors (Lipinski definition) is 2. The number of aryl methyl sites for hydroxylation is 2. The first-order valence-corrected chi connectivity index (χ1v) is 7.54. The molecule has 5 heteroatoms. The molecule has 116 valence electrons. The first-order valence-electron chi connectivity index (χ1n) is 7.54. The Morgan fingerprint density at radius 1 is 1.09 bits per heavy atom. The molecule has 0 aliphatic rings. The summed E-state index contributed by atoms with van der Waals surface area (Å²) in [6, 6.07) is 7.85. The fraction of sp³-hybridized carbons (Fsp3) is 0.353. The van der Waals surface area contributed by atoms with Crippen LogP contribution < -0.4 is 10.6 Å². The Kier molecular flexibility index (Phi) is 5.47. The number of carbonyl (C=O) groups excluding carboxylic acids is 1. The molecule has 0 unspecified atom stereocenters. The molecule has 0 spiro atoms. The largest absolute Gasteiger partial charge is 0.351 e. The maximum absolute atomic E-state index is 12.0. The lowest BCUT2D eigenvalue weighted by Gasteiger charge is -2.09. The van der Waals surface area contributed by atoms with Crippen LogP contribution in [0.4, 0.5) is 11.5 Å². The summed E-state index contributed by atoms with van der Waals surface area (Å²) in [6.07, 6.45) is 3.41. The molecule has 0 saturated carbocycles. The van der Waals surface area contributed by atoms with Gasteiger partial charge in [-0.2, -0.15) is 0 Å². The summed E-state index contributed by atoms with van der Waals surface area (Å²) in [6.45, 7) is 6.84. The molecule has 2 N–H and O–H groups in total. The maximum Gasteiger partial charge on any atom is 0.270 e. The number of hydrogen-bond acceptors (Lipinski definition) is 4. The molecule has 22 heavy (non-hydrogen) atoms. The fourth-order valence-electron chi connectivity index (χ4n) is 2.21. The van der Waals surface area contributed by atoms with Crippen LogP contribution >= 0.6 is 0 Å². The van der Waals surface area contributed by atoms with Gasteiger partial charge in [0.25, 0.3) is 5.91 Å². The van der Waals surface area contributed by atoms with Crippen molar-refractivity contribution in [3.05, 3.63) is 47.4 Å². The third-order valence-electron chi connectivity index (χ3n) is 3.21. The van der Waals surface area contributed by atoms with Gasteiger partial charge in [-0.3, -0.25) is 4.79 Å². The lowest BCUT2D eigenvalue weighted by molar-refractivity contribution is 0.0948. The number of carbonyl (C=O) groups is 1. The number of amides is 1. The molecule has 1 aromatic heterocycles. The molecular weight excluding hydrogens is 276 g/mol. The van der Waals surface area contributed by atoms with Gasteiger partial charge in [-0.05, 0) is 43.5 Å². The van der Waals surface area contributed by atoms with Crippen LogP contribution in [0.5, 0.6) is 0 Å². The molecule has 0 atom stereocenters. The number of aromatic nitrogens is 2. The van der Waals surface area contributed by atoms with Gasteiger partial charge in [0.15, 0.2) is 0 Å². The van der Waals surface area contributed by atoms with Crippen LogP contribution in [-0.4, -0.2) is 22.4 Å². The number of anilines is 2. The third kappa shape index (κ3) is 4.55. The third-order valence-corrected chi connectivity index (χ3v) is 3.21. The normalized spacial score (nSPS) is 10.3. The van der Waals surface area contributed by atoms with Crippen molar-refractivity contribution in [2.45, 2.75) is 33.6 Å². The van der Waals surface area contributed by atoms with Gasteiger partial charge in [0.1, 0.15) is 17.8 Å². The monoisotopic (exact) mass is 298 g/mol. The van der Waals surface area contributed by atoms with Gasteiger partial charge < -0.3 is 10.6 Å². The zero-order chi connectivity index (χ0) is 15.9. The number of rotatable bonds is 6. The zero-order valence-electron chi connectivity index (χ0n) is 13.3. The SMILES string of the molecule is CCCCNC(=O)c1cc(Nc2cc(C)cc(C)c2)ncn1. The smallest absolute Gasteiger partial charge is 0.270 e. The predicted octanol–water partition coefficient (Wildman–Crippen LogP) is 3.37. The van der Waals surface area contributed by atoms with Gasteiger partial charge >= 0.3 is 0 Å². The highest BCUT2D eigenvalue weighted by Crippen LogP contribution is 2.18. The molecule has 5 nitrogen and oxygen atoms in total. The standard InChI is InChI=1S/C17H22N4O/c1-4-5-6-18-17(22)15-10-16(20-11-19-15)21-14-8-12(2)7-13(3)9-14/h7-11H,4-6H2,1-3H3,(H,18,22)(H,19,20,21). The van der Waals surface area contributed by atoms with Gasteiger partial charge in [-0.15, -0.1) is 0 Å². The van der Waals surface area contributed by atoms with E-state index in [0.29, 0.717) is 18.1 Å². The second-order valence-corrected chi connectivity index (χ2v) is 5.40. The van der Waals surface area contributed by atoms with Crippen molar-refractivity contribution in [1.82, 2.24) is 15.3 Å². The minimum Gasteiger partial charge on any atom is -0.351 e. The van der Waals surface area contributed by atoms with Crippen LogP contribution in [0.15, 0.2) is 30.6 Å². The molecule has 1 heterocycles. The molecule has 0 aliphatic carbocycles. The molecule has 0 aliphatic heterocycles. The average Bonchev–Trinajstić information content (AvgIpc) is 2.46. The lowest BCUT2D eigenvalue weighted by atomic mass is 10.1. The lowest BCUT2D eigenvalue weighted by Crippen LogP contribution is -2.25. The van der Waals surface area contributed by atoms with Crippen LogP contribution in [0.25, 0.3) is 0 Å². The fourth-order valence-corrected chi connectivity index (χ4v) is 2.21. The van der Waals surface area contributed by atoms with E-state index in [4.69, 9.17) is 0 Å². The number of nitrogens with one attached hydrogen (secondary N) is 2. The predicted molar refractivity (Wildman–Crippen MR) is 88.5 cm³/mol. The summed E-state index contributed by atoms with van der Waals surface area (Å²) in [7, 11) is 0. The molecule has 0 saturated heterocycles. The second-order valence-electron chi connectivity index (χ2n) is 5.40. The Labute approximate surface area is 131 Å². The molecule has 1 aromatic carbocycles. The van der Waals surface area contributed by atoms with E-state index in [-0.39, 0.29) is 5.91 Å². The number of benzene rings is 1. The summed E-state index contributed by atoms with van der Waals surface area (Å²) < 4.78 is 0. The van der Waals surface area contributed by atoms with Gasteiger partial charge in [0.05, 0.1) is 0 Å². The highest BCUT2D eigenvalue weighted by atomic mass is 16.1. The minimum absolute atomic E-state index is 0.167. The first kappa shape index (κ1) is 15.9. The number of unbranched alkanes of at least 4 members (excludes halogenated alkanes) is 1. The maximum atomic E-state index is 12.0. The van der Waals surface area contributed by atoms with Gasteiger partial charge in [-0.1, -0.05) is 19.4 Å². The van der Waals surface area contributed by atoms with E-state index in [1.54, 1.807) is 6.07 Å². The van der Waals surface area contributed by atoms with Gasteiger partial charge in [0, 0.05) is 18.3 Å². The Bertz CT molecular complexity index is 635.